The zero-order valence-electron chi connectivity index (χ0n) is 14.8. The van der Waals surface area contributed by atoms with E-state index in [0.717, 1.165) is 0 Å². The van der Waals surface area contributed by atoms with E-state index in [1.54, 1.807) is 0 Å². The van der Waals surface area contributed by atoms with Crippen molar-refractivity contribution in [1.29, 1.82) is 0 Å². The van der Waals surface area contributed by atoms with Crippen LogP contribution in [0.3, 0.4) is 0 Å². The van der Waals surface area contributed by atoms with Crippen molar-refractivity contribution >= 4 is 0 Å². The van der Waals surface area contributed by atoms with Crippen LogP contribution in [0.2, 0.25) is 0 Å². The highest BCUT2D eigenvalue weighted by atomic mass is 35.5. The van der Waals surface area contributed by atoms with Gasteiger partial charge in [0.1, 0.15) is 0 Å². The van der Waals surface area contributed by atoms with Gasteiger partial charge in [0.2, 0.25) is 0 Å². The molecule has 0 bridgehead atoms. The van der Waals surface area contributed by atoms with Crippen LogP contribution >= 0.6 is 0 Å². The second-order valence-electron chi connectivity index (χ2n) is 7.39. The van der Waals surface area contributed by atoms with Crippen LogP contribution in [0.4, 0.5) is 0 Å². The molecule has 0 atom stereocenters. The summed E-state index contributed by atoms with van der Waals surface area (Å²) in [4.78, 5) is 0. The summed E-state index contributed by atoms with van der Waals surface area (Å²) in [6.45, 7) is 6.62. The van der Waals surface area contributed by atoms with Crippen molar-refractivity contribution in [2.75, 3.05) is 26.7 Å². The molecule has 0 radical (unpaired) electrons. The summed E-state index contributed by atoms with van der Waals surface area (Å²) in [5.41, 5.74) is 0. The average Bonchev–Trinajstić information content (AvgIpc) is 2.87. The molecule has 2 heteroatoms. The minimum atomic E-state index is 0. The first-order valence-corrected chi connectivity index (χ1v) is 9.60. The van der Waals surface area contributed by atoms with Crippen LogP contribution < -0.4 is 12.4 Å². The number of nitrogens with zero attached hydrogens (tertiary/aromatic N) is 1. The van der Waals surface area contributed by atoms with Crippen molar-refractivity contribution in [2.24, 2.45) is 0 Å². The molecule has 0 aromatic heterocycles. The molecular formula is C19H40ClN. The van der Waals surface area contributed by atoms with Gasteiger partial charge in [0.15, 0.2) is 0 Å². The fraction of sp³-hybridized carbons (Fsp3) is 1.00. The lowest BCUT2D eigenvalue weighted by Crippen LogP contribution is -3.00. The van der Waals surface area contributed by atoms with E-state index < -0.39 is 0 Å². The molecule has 1 aliphatic heterocycles. The third-order valence-corrected chi connectivity index (χ3v) is 5.20. The van der Waals surface area contributed by atoms with E-state index in [2.05, 4.69) is 14.0 Å². The summed E-state index contributed by atoms with van der Waals surface area (Å²) in [7, 11) is 2.46. The maximum absolute atomic E-state index is 2.46. The van der Waals surface area contributed by atoms with Crippen LogP contribution in [0.1, 0.15) is 96.8 Å². The molecule has 0 saturated carbocycles. The Morgan fingerprint density at radius 3 is 1.43 bits per heavy atom. The second-order valence-corrected chi connectivity index (χ2v) is 7.39. The second kappa shape index (κ2) is 13.9. The number of rotatable bonds is 13. The molecule has 1 saturated heterocycles. The first-order valence-electron chi connectivity index (χ1n) is 9.60. The number of hydrogen-bond acceptors (Lipinski definition) is 0. The summed E-state index contributed by atoms with van der Waals surface area (Å²) in [6.07, 6.45) is 20.5. The van der Waals surface area contributed by atoms with Crippen molar-refractivity contribution in [3.8, 4) is 0 Å². The van der Waals surface area contributed by atoms with E-state index in [4.69, 9.17) is 0 Å². The largest absolute Gasteiger partial charge is 1.00 e. The molecule has 1 heterocycles. The van der Waals surface area contributed by atoms with Crippen molar-refractivity contribution < 1.29 is 16.9 Å². The van der Waals surface area contributed by atoms with Crippen LogP contribution in [0.25, 0.3) is 0 Å². The van der Waals surface area contributed by atoms with Crippen LogP contribution in [0.15, 0.2) is 0 Å². The standard InChI is InChI=1S/C19H40N.ClH/c1-3-4-5-6-7-8-9-10-11-12-13-14-17-20(2)18-15-16-19-20;/h3-19H2,1-2H3;1H/q+1;/p-1. The maximum atomic E-state index is 2.46. The minimum Gasteiger partial charge on any atom is -1.00 e. The third kappa shape index (κ3) is 11.5. The Morgan fingerprint density at radius 2 is 1.00 bits per heavy atom. The molecule has 0 unspecified atom stereocenters. The Hall–Kier alpha value is 0.250. The molecule has 1 fully saturated rings. The Morgan fingerprint density at radius 1 is 0.619 bits per heavy atom. The van der Waals surface area contributed by atoms with E-state index in [0.29, 0.717) is 0 Å². The number of likely N-dealkylation sites (tertiary alicyclic amines) is 1. The highest BCUT2D eigenvalue weighted by Crippen LogP contribution is 2.18. The zero-order chi connectivity index (χ0) is 14.5. The molecule has 21 heavy (non-hydrogen) atoms. The van der Waals surface area contributed by atoms with Crippen LogP contribution in [-0.4, -0.2) is 31.2 Å². The van der Waals surface area contributed by atoms with E-state index in [1.165, 1.54) is 114 Å². The SMILES string of the molecule is CCCCCCCCCCCCCC[N+]1(C)CCCC1.[Cl-]. The van der Waals surface area contributed by atoms with Gasteiger partial charge in [-0.15, -0.1) is 0 Å². The predicted octanol–water partition coefficient (Wildman–Crippen LogP) is 2.93. The van der Waals surface area contributed by atoms with Gasteiger partial charge in [-0.05, 0) is 12.8 Å². The van der Waals surface area contributed by atoms with Crippen LogP contribution in [0.5, 0.6) is 0 Å². The van der Waals surface area contributed by atoms with E-state index >= 15 is 0 Å². The van der Waals surface area contributed by atoms with Crippen molar-refractivity contribution in [3.63, 3.8) is 0 Å². The first-order chi connectivity index (χ1) is 9.77. The van der Waals surface area contributed by atoms with Crippen molar-refractivity contribution in [3.05, 3.63) is 0 Å². The molecule has 0 aromatic rings. The lowest BCUT2D eigenvalue weighted by Gasteiger charge is -2.29. The zero-order valence-corrected chi connectivity index (χ0v) is 15.6. The molecule has 1 aliphatic rings. The fourth-order valence-electron chi connectivity index (χ4n) is 3.66. The summed E-state index contributed by atoms with van der Waals surface area (Å²) in [5.74, 6) is 0. The van der Waals surface area contributed by atoms with Gasteiger partial charge in [0.25, 0.3) is 0 Å². The monoisotopic (exact) mass is 317 g/mol. The summed E-state index contributed by atoms with van der Waals surface area (Å²) < 4.78 is 1.37. The topological polar surface area (TPSA) is 0 Å². The van der Waals surface area contributed by atoms with Crippen LogP contribution in [-0.2, 0) is 0 Å². The lowest BCUT2D eigenvalue weighted by molar-refractivity contribution is -0.897. The Labute approximate surface area is 140 Å². The molecule has 0 spiro atoms. The van der Waals surface area contributed by atoms with Gasteiger partial charge >= 0.3 is 0 Å². The molecular weight excluding hydrogens is 278 g/mol. The number of hydrogen-bond donors (Lipinski definition) is 0. The number of unbranched alkanes of at least 4 members (excludes halogenated alkanes) is 11. The van der Waals surface area contributed by atoms with Gasteiger partial charge in [-0.1, -0.05) is 71.1 Å². The number of quaternary nitrogens is 1. The predicted molar refractivity (Wildman–Crippen MR) is 91.1 cm³/mol. The summed E-state index contributed by atoms with van der Waals surface area (Å²) >= 11 is 0. The molecule has 1 rings (SSSR count). The molecule has 0 aliphatic carbocycles. The molecule has 0 aromatic carbocycles. The third-order valence-electron chi connectivity index (χ3n) is 5.20. The quantitative estimate of drug-likeness (QED) is 0.362. The highest BCUT2D eigenvalue weighted by molar-refractivity contribution is 4.53. The van der Waals surface area contributed by atoms with Gasteiger partial charge in [0, 0.05) is 12.8 Å². The fourth-order valence-corrected chi connectivity index (χ4v) is 3.66. The average molecular weight is 318 g/mol. The van der Waals surface area contributed by atoms with E-state index in [-0.39, 0.29) is 12.4 Å². The van der Waals surface area contributed by atoms with Crippen molar-refractivity contribution in [1.82, 2.24) is 0 Å². The summed E-state index contributed by atoms with van der Waals surface area (Å²) in [5, 5.41) is 0. The lowest BCUT2D eigenvalue weighted by atomic mass is 10.1. The normalized spacial score (nSPS) is 16.9. The summed E-state index contributed by atoms with van der Waals surface area (Å²) in [6, 6.07) is 0. The molecule has 0 amide bonds. The minimum absolute atomic E-state index is 0. The van der Waals surface area contributed by atoms with Gasteiger partial charge in [-0.3, -0.25) is 0 Å². The van der Waals surface area contributed by atoms with Gasteiger partial charge in [-0.25, -0.2) is 0 Å². The van der Waals surface area contributed by atoms with Crippen molar-refractivity contribution in [2.45, 2.75) is 96.8 Å². The highest BCUT2D eigenvalue weighted by Gasteiger charge is 2.25. The molecule has 0 N–H and O–H groups in total. The van der Waals surface area contributed by atoms with Gasteiger partial charge < -0.3 is 16.9 Å². The van der Waals surface area contributed by atoms with Gasteiger partial charge in [0.05, 0.1) is 26.7 Å². The maximum Gasteiger partial charge on any atom is 0.0786 e. The first kappa shape index (κ1) is 21.2. The Bertz CT molecular complexity index is 212. The van der Waals surface area contributed by atoms with Crippen LogP contribution in [0, 0.1) is 0 Å². The number of halogens is 1. The Balaban J connectivity index is 0.00000400. The Kier molecular flexibility index (Phi) is 14.0. The smallest absolute Gasteiger partial charge is 0.0786 e. The molecule has 1 nitrogen and oxygen atoms in total. The van der Waals surface area contributed by atoms with E-state index in [1.807, 2.05) is 0 Å². The van der Waals surface area contributed by atoms with E-state index in [9.17, 15) is 0 Å². The molecule has 128 valence electrons. The van der Waals surface area contributed by atoms with Gasteiger partial charge in [-0.2, -0.15) is 0 Å².